The van der Waals surface area contributed by atoms with Crippen LogP contribution in [0.5, 0.6) is 0 Å². The van der Waals surface area contributed by atoms with Gasteiger partial charge in [-0.15, -0.1) is 0 Å². The predicted octanol–water partition coefficient (Wildman–Crippen LogP) is 6.59. The first-order valence-corrected chi connectivity index (χ1v) is 12.5. The van der Waals surface area contributed by atoms with Crippen molar-refractivity contribution in [2.45, 2.75) is 39.3 Å². The zero-order valence-electron chi connectivity index (χ0n) is 17.9. The maximum atomic E-state index is 11.8. The molecule has 172 valence electrons. The molecule has 0 aliphatic carbocycles. The van der Waals surface area contributed by atoms with E-state index in [1.54, 1.807) is 18.2 Å². The first-order valence-electron chi connectivity index (χ1n) is 10.5. The van der Waals surface area contributed by atoms with Crippen LogP contribution in [-0.2, 0) is 19.6 Å². The highest BCUT2D eigenvalue weighted by molar-refractivity contribution is 9.13. The van der Waals surface area contributed by atoms with Crippen LogP contribution in [-0.4, -0.2) is 30.3 Å². The van der Waals surface area contributed by atoms with Gasteiger partial charge in [-0.2, -0.15) is 0 Å². The molecule has 0 aliphatic rings. The SMILES string of the molecule is CCCCc1nc(Cl)c(CO)n1Cc1ccc2c(c1)c(Br)c(Br)n2-c1ccccc1C(=O)O. The number of hydrogen-bond acceptors (Lipinski definition) is 3. The van der Waals surface area contributed by atoms with Crippen molar-refractivity contribution in [2.24, 2.45) is 0 Å². The van der Waals surface area contributed by atoms with E-state index in [1.165, 1.54) is 0 Å². The van der Waals surface area contributed by atoms with Crippen molar-refractivity contribution in [3.05, 3.63) is 79.3 Å². The smallest absolute Gasteiger partial charge is 0.337 e. The summed E-state index contributed by atoms with van der Waals surface area (Å²) in [6.45, 7) is 2.46. The highest BCUT2D eigenvalue weighted by Crippen LogP contribution is 2.38. The number of fused-ring (bicyclic) bond motifs is 1. The summed E-state index contributed by atoms with van der Waals surface area (Å²) in [7, 11) is 0. The third kappa shape index (κ3) is 4.49. The van der Waals surface area contributed by atoms with Gasteiger partial charge in [-0.25, -0.2) is 9.78 Å². The number of aliphatic hydroxyl groups is 1. The van der Waals surface area contributed by atoms with Gasteiger partial charge in [0.1, 0.15) is 10.4 Å². The van der Waals surface area contributed by atoms with Crippen LogP contribution >= 0.6 is 43.5 Å². The summed E-state index contributed by atoms with van der Waals surface area (Å²) >= 11 is 13.6. The lowest BCUT2D eigenvalue weighted by Gasteiger charge is -2.13. The largest absolute Gasteiger partial charge is 0.478 e. The van der Waals surface area contributed by atoms with Gasteiger partial charge in [0.25, 0.3) is 0 Å². The molecular weight excluding hydrogens is 574 g/mol. The van der Waals surface area contributed by atoms with E-state index in [-0.39, 0.29) is 12.2 Å². The summed E-state index contributed by atoms with van der Waals surface area (Å²) in [4.78, 5) is 16.3. The molecule has 4 rings (SSSR count). The second kappa shape index (κ2) is 10.0. The van der Waals surface area contributed by atoms with Crippen LogP contribution in [0.4, 0.5) is 0 Å². The number of aryl methyl sites for hydroxylation is 1. The molecule has 4 aromatic rings. The van der Waals surface area contributed by atoms with Crippen LogP contribution in [0.15, 0.2) is 51.5 Å². The number of para-hydroxylation sites is 1. The minimum absolute atomic E-state index is 0.183. The molecule has 33 heavy (non-hydrogen) atoms. The Bertz CT molecular complexity index is 1350. The quantitative estimate of drug-likeness (QED) is 0.241. The maximum Gasteiger partial charge on any atom is 0.337 e. The molecule has 0 amide bonds. The second-order valence-electron chi connectivity index (χ2n) is 7.73. The number of rotatable bonds is 8. The normalized spacial score (nSPS) is 11.4. The number of aromatic nitrogens is 3. The molecule has 0 fully saturated rings. The summed E-state index contributed by atoms with van der Waals surface area (Å²) in [6, 6.07) is 12.9. The van der Waals surface area contributed by atoms with E-state index in [9.17, 15) is 15.0 Å². The number of imidazole rings is 1. The summed E-state index contributed by atoms with van der Waals surface area (Å²) < 4.78 is 5.43. The third-order valence-electron chi connectivity index (χ3n) is 5.64. The van der Waals surface area contributed by atoms with Crippen LogP contribution in [0.25, 0.3) is 16.6 Å². The Labute approximate surface area is 213 Å². The number of carboxylic acids is 1. The molecule has 2 heterocycles. The number of hydrogen-bond donors (Lipinski definition) is 2. The summed E-state index contributed by atoms with van der Waals surface area (Å²) in [6.07, 6.45) is 2.81. The highest BCUT2D eigenvalue weighted by Gasteiger charge is 2.20. The van der Waals surface area contributed by atoms with E-state index in [2.05, 4.69) is 49.8 Å². The van der Waals surface area contributed by atoms with E-state index in [4.69, 9.17) is 11.6 Å². The number of unbranched alkanes of at least 4 members (excludes halogenated alkanes) is 1. The fraction of sp³-hybridized carbons (Fsp3) is 0.250. The minimum atomic E-state index is -0.986. The monoisotopic (exact) mass is 593 g/mol. The minimum Gasteiger partial charge on any atom is -0.478 e. The van der Waals surface area contributed by atoms with E-state index in [0.29, 0.717) is 23.1 Å². The Balaban J connectivity index is 1.81. The topological polar surface area (TPSA) is 80.3 Å². The van der Waals surface area contributed by atoms with Gasteiger partial charge in [0.2, 0.25) is 0 Å². The first-order chi connectivity index (χ1) is 15.9. The average molecular weight is 596 g/mol. The highest BCUT2D eigenvalue weighted by atomic mass is 79.9. The Kier molecular flexibility index (Phi) is 7.28. The Morgan fingerprint density at radius 3 is 2.64 bits per heavy atom. The number of halogens is 3. The predicted molar refractivity (Wildman–Crippen MR) is 137 cm³/mol. The van der Waals surface area contributed by atoms with Gasteiger partial charge >= 0.3 is 5.97 Å². The molecule has 0 spiro atoms. The van der Waals surface area contributed by atoms with Gasteiger partial charge in [-0.3, -0.25) is 0 Å². The molecule has 0 saturated carbocycles. The van der Waals surface area contributed by atoms with Crippen LogP contribution in [0.1, 0.15) is 47.2 Å². The number of nitrogens with zero attached hydrogens (tertiary/aromatic N) is 3. The van der Waals surface area contributed by atoms with Crippen LogP contribution in [0, 0.1) is 0 Å². The van der Waals surface area contributed by atoms with Crippen molar-refractivity contribution in [1.82, 2.24) is 14.1 Å². The van der Waals surface area contributed by atoms with Crippen molar-refractivity contribution in [3.8, 4) is 5.69 Å². The van der Waals surface area contributed by atoms with Crippen molar-refractivity contribution in [3.63, 3.8) is 0 Å². The third-order valence-corrected chi connectivity index (χ3v) is 8.03. The number of aliphatic hydroxyl groups excluding tert-OH is 1. The number of carboxylic acid groups (broad SMARTS) is 1. The molecule has 0 atom stereocenters. The lowest BCUT2D eigenvalue weighted by molar-refractivity contribution is 0.0697. The molecule has 0 radical (unpaired) electrons. The van der Waals surface area contributed by atoms with Gasteiger partial charge in [0, 0.05) is 18.4 Å². The van der Waals surface area contributed by atoms with Crippen molar-refractivity contribution in [1.29, 1.82) is 0 Å². The Morgan fingerprint density at radius 1 is 1.18 bits per heavy atom. The molecule has 2 N–H and O–H groups in total. The Hall–Kier alpha value is -2.13. The summed E-state index contributed by atoms with van der Waals surface area (Å²) in [5.41, 5.74) is 3.28. The maximum absolute atomic E-state index is 11.8. The summed E-state index contributed by atoms with van der Waals surface area (Å²) in [5, 5.41) is 20.8. The molecule has 0 bridgehead atoms. The average Bonchev–Trinajstić information content (AvgIpc) is 3.24. The molecule has 6 nitrogen and oxygen atoms in total. The van der Waals surface area contributed by atoms with E-state index in [0.717, 1.165) is 50.6 Å². The van der Waals surface area contributed by atoms with Crippen LogP contribution < -0.4 is 0 Å². The second-order valence-corrected chi connectivity index (χ2v) is 9.63. The molecular formula is C24H22Br2ClN3O3. The number of benzene rings is 2. The van der Waals surface area contributed by atoms with Gasteiger partial charge in [0.15, 0.2) is 5.15 Å². The Morgan fingerprint density at radius 2 is 1.94 bits per heavy atom. The van der Waals surface area contributed by atoms with Gasteiger partial charge in [-0.05, 0) is 68.1 Å². The van der Waals surface area contributed by atoms with E-state index >= 15 is 0 Å². The van der Waals surface area contributed by atoms with Crippen molar-refractivity contribution >= 4 is 60.3 Å². The lowest BCUT2D eigenvalue weighted by Crippen LogP contribution is -2.09. The number of aromatic carboxylic acids is 1. The molecule has 0 saturated heterocycles. The van der Waals surface area contributed by atoms with Gasteiger partial charge < -0.3 is 19.3 Å². The van der Waals surface area contributed by atoms with Gasteiger partial charge in [0.05, 0.1) is 33.5 Å². The molecule has 9 heteroatoms. The van der Waals surface area contributed by atoms with Gasteiger partial charge in [-0.1, -0.05) is 43.1 Å². The standard InChI is InChI=1S/C24H22Br2ClN3O3/c1-2-3-8-20-28-23(27)19(13-31)29(20)12-14-9-10-18-16(11-14)21(25)22(26)30(18)17-7-5-4-6-15(17)24(32)33/h4-7,9-11,31H,2-3,8,12-13H2,1H3,(H,32,33). The zero-order valence-corrected chi connectivity index (χ0v) is 21.8. The zero-order chi connectivity index (χ0) is 23.7. The van der Waals surface area contributed by atoms with Crippen molar-refractivity contribution in [2.75, 3.05) is 0 Å². The summed E-state index contributed by atoms with van der Waals surface area (Å²) in [5.74, 6) is -0.126. The van der Waals surface area contributed by atoms with Crippen LogP contribution in [0.3, 0.4) is 0 Å². The molecule has 0 aliphatic heterocycles. The van der Waals surface area contributed by atoms with Crippen LogP contribution in [0.2, 0.25) is 5.15 Å². The molecule has 0 unspecified atom stereocenters. The fourth-order valence-corrected chi connectivity index (χ4v) is 5.35. The first kappa shape index (κ1) is 24.0. The number of carbonyl (C=O) groups is 1. The van der Waals surface area contributed by atoms with E-state index < -0.39 is 5.97 Å². The molecule has 2 aromatic carbocycles. The fourth-order valence-electron chi connectivity index (χ4n) is 4.00. The van der Waals surface area contributed by atoms with Crippen molar-refractivity contribution < 1.29 is 15.0 Å². The lowest BCUT2D eigenvalue weighted by atomic mass is 10.1. The van der Waals surface area contributed by atoms with E-state index in [1.807, 2.05) is 27.3 Å². The molecule has 2 aromatic heterocycles.